The molecule has 4 rings (SSSR count). The molecule has 0 saturated carbocycles. The van der Waals surface area contributed by atoms with Gasteiger partial charge in [0.25, 0.3) is 0 Å². The van der Waals surface area contributed by atoms with Gasteiger partial charge < -0.3 is 4.74 Å². The minimum absolute atomic E-state index is 0.132. The van der Waals surface area contributed by atoms with Crippen LogP contribution in [0.15, 0.2) is 48.5 Å². The molecule has 0 aliphatic carbocycles. The van der Waals surface area contributed by atoms with Crippen LogP contribution in [-0.4, -0.2) is 21.1 Å². The van der Waals surface area contributed by atoms with Crippen molar-refractivity contribution in [2.45, 2.75) is 6.36 Å². The van der Waals surface area contributed by atoms with E-state index < -0.39 is 18.0 Å². The zero-order valence-electron chi connectivity index (χ0n) is 15.5. The number of aryl methyl sites for hydroxylation is 1. The molecule has 0 aliphatic heterocycles. The Morgan fingerprint density at radius 2 is 1.68 bits per heavy atom. The van der Waals surface area contributed by atoms with Gasteiger partial charge in [0.1, 0.15) is 17.4 Å². The summed E-state index contributed by atoms with van der Waals surface area (Å²) in [5, 5.41) is 4.41. The Balaban J connectivity index is 1.68. The lowest BCUT2D eigenvalue weighted by Crippen LogP contribution is -2.16. The van der Waals surface area contributed by atoms with Crippen molar-refractivity contribution in [3.05, 3.63) is 65.2 Å². The van der Waals surface area contributed by atoms with E-state index in [9.17, 15) is 22.0 Å². The van der Waals surface area contributed by atoms with E-state index in [-0.39, 0.29) is 23.0 Å². The van der Waals surface area contributed by atoms with Crippen LogP contribution in [0.5, 0.6) is 5.75 Å². The Hall–Kier alpha value is -2.98. The summed E-state index contributed by atoms with van der Waals surface area (Å²) in [4.78, 5) is 5.39. The Kier molecular flexibility index (Phi) is 5.44. The van der Waals surface area contributed by atoms with Gasteiger partial charge in [-0.2, -0.15) is 5.10 Å². The zero-order chi connectivity index (χ0) is 22.3. The van der Waals surface area contributed by atoms with Crippen molar-refractivity contribution >= 4 is 22.9 Å². The van der Waals surface area contributed by atoms with Gasteiger partial charge in [0.2, 0.25) is 0 Å². The van der Waals surface area contributed by atoms with Crippen molar-refractivity contribution in [1.82, 2.24) is 14.8 Å². The maximum Gasteiger partial charge on any atom is 0.573 e. The van der Waals surface area contributed by atoms with Gasteiger partial charge in [-0.1, -0.05) is 17.7 Å². The molecular weight excluding hydrogens is 461 g/mol. The summed E-state index contributed by atoms with van der Waals surface area (Å²) in [5.41, 5.74) is 0.257. The van der Waals surface area contributed by atoms with Gasteiger partial charge >= 0.3 is 6.36 Å². The van der Waals surface area contributed by atoms with Crippen LogP contribution >= 0.6 is 22.9 Å². The summed E-state index contributed by atoms with van der Waals surface area (Å²) in [6, 6.07) is 10.4. The number of halogens is 6. The third kappa shape index (κ3) is 4.40. The van der Waals surface area contributed by atoms with Gasteiger partial charge in [-0.25, -0.2) is 18.4 Å². The molecule has 0 N–H and O–H groups in total. The maximum absolute atomic E-state index is 14.1. The minimum Gasteiger partial charge on any atom is -0.406 e. The largest absolute Gasteiger partial charge is 0.573 e. The van der Waals surface area contributed by atoms with Crippen LogP contribution in [0.4, 0.5) is 22.0 Å². The molecule has 31 heavy (non-hydrogen) atoms. The molecule has 4 aromatic rings. The molecule has 2 heterocycles. The Labute approximate surface area is 181 Å². The van der Waals surface area contributed by atoms with E-state index in [1.54, 1.807) is 13.1 Å². The topological polar surface area (TPSA) is 39.9 Å². The highest BCUT2D eigenvalue weighted by Gasteiger charge is 2.31. The van der Waals surface area contributed by atoms with Crippen molar-refractivity contribution in [3.8, 4) is 38.3 Å². The quantitative estimate of drug-likeness (QED) is 0.311. The second-order valence-electron chi connectivity index (χ2n) is 6.34. The van der Waals surface area contributed by atoms with Gasteiger partial charge in [-0.3, -0.25) is 0 Å². The smallest absolute Gasteiger partial charge is 0.406 e. The van der Waals surface area contributed by atoms with Crippen molar-refractivity contribution in [3.63, 3.8) is 0 Å². The third-order valence-corrected chi connectivity index (χ3v) is 5.80. The first-order valence-corrected chi connectivity index (χ1v) is 9.83. The van der Waals surface area contributed by atoms with E-state index in [4.69, 9.17) is 11.6 Å². The number of rotatable bonds is 4. The van der Waals surface area contributed by atoms with E-state index >= 15 is 0 Å². The lowest BCUT2D eigenvalue weighted by Gasteiger charge is -2.08. The Morgan fingerprint density at radius 1 is 1.03 bits per heavy atom. The molecule has 11 heteroatoms. The molecule has 0 radical (unpaired) electrons. The molecule has 0 unspecified atom stereocenters. The average molecular weight is 472 g/mol. The average Bonchev–Trinajstić information content (AvgIpc) is 3.23. The highest BCUT2D eigenvalue weighted by Crippen LogP contribution is 2.41. The van der Waals surface area contributed by atoms with E-state index in [0.29, 0.717) is 20.3 Å². The van der Waals surface area contributed by atoms with Crippen molar-refractivity contribution in [2.75, 3.05) is 0 Å². The highest BCUT2D eigenvalue weighted by atomic mass is 35.5. The number of benzene rings is 2. The first-order chi connectivity index (χ1) is 14.6. The van der Waals surface area contributed by atoms with E-state index in [1.165, 1.54) is 46.4 Å². The molecule has 160 valence electrons. The molecule has 0 bridgehead atoms. The number of alkyl halides is 3. The second-order valence-corrected chi connectivity index (χ2v) is 7.80. The molecule has 0 saturated heterocycles. The van der Waals surface area contributed by atoms with E-state index in [0.717, 1.165) is 12.1 Å². The van der Waals surface area contributed by atoms with Gasteiger partial charge in [-0.05, 0) is 48.0 Å². The Morgan fingerprint density at radius 3 is 2.29 bits per heavy atom. The van der Waals surface area contributed by atoms with Gasteiger partial charge in [0, 0.05) is 11.9 Å². The third-order valence-electron chi connectivity index (χ3n) is 4.21. The first-order valence-electron chi connectivity index (χ1n) is 8.63. The predicted octanol–water partition coefficient (Wildman–Crippen LogP) is 6.71. The molecule has 4 nitrogen and oxygen atoms in total. The van der Waals surface area contributed by atoms with Gasteiger partial charge in [0.15, 0.2) is 11.6 Å². The zero-order valence-corrected chi connectivity index (χ0v) is 17.1. The van der Waals surface area contributed by atoms with Crippen molar-refractivity contribution in [1.29, 1.82) is 0 Å². The number of thiophene rings is 1. The number of nitrogens with zero attached hydrogens (tertiary/aromatic N) is 3. The molecule has 2 aromatic heterocycles. The Bertz CT molecular complexity index is 1230. The maximum atomic E-state index is 14.1. The van der Waals surface area contributed by atoms with Gasteiger partial charge in [0.05, 0.1) is 15.5 Å². The molecule has 0 fully saturated rings. The van der Waals surface area contributed by atoms with Crippen molar-refractivity contribution < 1.29 is 26.7 Å². The molecule has 0 atom stereocenters. The molecule has 2 aromatic carbocycles. The summed E-state index contributed by atoms with van der Waals surface area (Å²) in [6.07, 6.45) is -4.78. The summed E-state index contributed by atoms with van der Waals surface area (Å²) in [5.74, 6) is -1.78. The lowest BCUT2D eigenvalue weighted by atomic mass is 10.2. The van der Waals surface area contributed by atoms with Crippen LogP contribution in [0.3, 0.4) is 0 Å². The lowest BCUT2D eigenvalue weighted by molar-refractivity contribution is -0.274. The fourth-order valence-electron chi connectivity index (χ4n) is 2.88. The molecule has 0 spiro atoms. The van der Waals surface area contributed by atoms with Gasteiger partial charge in [-0.15, -0.1) is 24.5 Å². The minimum atomic E-state index is -4.78. The molecule has 0 amide bonds. The summed E-state index contributed by atoms with van der Waals surface area (Å²) < 4.78 is 70.4. The monoisotopic (exact) mass is 471 g/mol. The van der Waals surface area contributed by atoms with Crippen LogP contribution in [0.25, 0.3) is 32.5 Å². The first kappa shape index (κ1) is 21.3. The fraction of sp³-hybridized carbons (Fsp3) is 0.100. The fourth-order valence-corrected chi connectivity index (χ4v) is 4.33. The number of hydrogen-bond donors (Lipinski definition) is 0. The molecule has 0 aliphatic rings. The number of ether oxygens (including phenoxy) is 1. The summed E-state index contributed by atoms with van der Waals surface area (Å²) in [6.45, 7) is 0. The molecular formula is C20H11ClF5N3OS. The van der Waals surface area contributed by atoms with Crippen LogP contribution in [0.2, 0.25) is 5.02 Å². The van der Waals surface area contributed by atoms with E-state index in [1.807, 2.05) is 0 Å². The normalized spacial score (nSPS) is 11.7. The van der Waals surface area contributed by atoms with E-state index in [2.05, 4.69) is 14.8 Å². The highest BCUT2D eigenvalue weighted by molar-refractivity contribution is 7.19. The summed E-state index contributed by atoms with van der Waals surface area (Å²) >= 11 is 7.56. The SMILES string of the molecule is Cn1nc(-c2c(F)cccc2F)nc1-c1sc(-c2ccc(OC(F)(F)F)cc2)cc1Cl. The second kappa shape index (κ2) is 7.93. The number of aromatic nitrogens is 3. The van der Waals surface area contributed by atoms with Crippen LogP contribution < -0.4 is 4.74 Å². The predicted molar refractivity (Wildman–Crippen MR) is 107 cm³/mol. The summed E-state index contributed by atoms with van der Waals surface area (Å²) in [7, 11) is 1.56. The number of hydrogen-bond acceptors (Lipinski definition) is 4. The van der Waals surface area contributed by atoms with Crippen LogP contribution in [0.1, 0.15) is 0 Å². The van der Waals surface area contributed by atoms with Crippen LogP contribution in [-0.2, 0) is 7.05 Å². The van der Waals surface area contributed by atoms with Crippen molar-refractivity contribution in [2.24, 2.45) is 7.05 Å². The standard InChI is InChI=1S/C20H11ClF5N3OS/c1-29-19(27-18(28-29)16-13(22)3-2-4-14(16)23)17-12(21)9-15(31-17)10-5-7-11(8-6-10)30-20(24,25)26/h2-9H,1H3. The van der Waals surface area contributed by atoms with Crippen LogP contribution in [0, 0.1) is 11.6 Å².